The van der Waals surface area contributed by atoms with E-state index in [-0.39, 0.29) is 19.6 Å². The Kier molecular flexibility index (Phi) is 4.46. The van der Waals surface area contributed by atoms with E-state index in [9.17, 15) is 19.1 Å². The molecule has 1 aliphatic heterocycles. The van der Waals surface area contributed by atoms with Gasteiger partial charge in [-0.3, -0.25) is 4.90 Å². The number of carbonyl (C=O) groups is 2. The molecule has 0 fully saturated rings. The van der Waals surface area contributed by atoms with Crippen LogP contribution in [-0.4, -0.2) is 28.1 Å². The lowest BCUT2D eigenvalue weighted by molar-refractivity contribution is -0.143. The van der Waals surface area contributed by atoms with Gasteiger partial charge < -0.3 is 9.84 Å². The smallest absolute Gasteiger partial charge is 0.411 e. The van der Waals surface area contributed by atoms with E-state index in [0.29, 0.717) is 5.56 Å². The molecular formula is C18H16FNO4. The largest absolute Gasteiger partial charge is 0.480 e. The molecule has 2 aromatic rings. The number of ether oxygens (including phenoxy) is 1. The Bertz CT molecular complexity index is 763. The van der Waals surface area contributed by atoms with Gasteiger partial charge in [-0.25, -0.2) is 14.0 Å². The van der Waals surface area contributed by atoms with Crippen LogP contribution in [0.3, 0.4) is 0 Å². The predicted molar refractivity (Wildman–Crippen MR) is 83.7 cm³/mol. The molecule has 0 bridgehead atoms. The number of carboxylic acids is 1. The van der Waals surface area contributed by atoms with Gasteiger partial charge in [0.25, 0.3) is 0 Å². The van der Waals surface area contributed by atoms with Crippen molar-refractivity contribution in [1.29, 1.82) is 0 Å². The van der Waals surface area contributed by atoms with E-state index in [1.54, 1.807) is 6.07 Å². The molecule has 1 N–H and O–H groups in total. The number of fused-ring (bicyclic) bond motifs is 1. The van der Waals surface area contributed by atoms with Crippen molar-refractivity contribution in [2.45, 2.75) is 25.6 Å². The molecular weight excluding hydrogens is 313 g/mol. The Morgan fingerprint density at radius 1 is 1.17 bits per heavy atom. The minimum Gasteiger partial charge on any atom is -0.480 e. The predicted octanol–water partition coefficient (Wildman–Crippen LogP) is 2.97. The fourth-order valence-electron chi connectivity index (χ4n) is 2.77. The standard InChI is InChI=1S/C18H16FNO4/c19-15-7-6-13-10-20(16(17(21)22)9-14(13)8-15)18(23)24-11-12-4-2-1-3-5-12/h1-8,16H,9-11H2,(H,21,22)/t16-/m1/s1. The second kappa shape index (κ2) is 6.70. The van der Waals surface area contributed by atoms with E-state index in [0.717, 1.165) is 11.1 Å². The number of amides is 1. The number of hydrogen-bond acceptors (Lipinski definition) is 3. The highest BCUT2D eigenvalue weighted by molar-refractivity contribution is 5.81. The fraction of sp³-hybridized carbons (Fsp3) is 0.222. The SMILES string of the molecule is O=C(O)[C@H]1Cc2cc(F)ccc2CN1C(=O)OCc1ccccc1. The Balaban J connectivity index is 1.76. The number of halogens is 1. The van der Waals surface area contributed by atoms with Crippen LogP contribution < -0.4 is 0 Å². The van der Waals surface area contributed by atoms with E-state index >= 15 is 0 Å². The van der Waals surface area contributed by atoms with Gasteiger partial charge in [0.05, 0.1) is 6.54 Å². The van der Waals surface area contributed by atoms with Crippen LogP contribution in [0.25, 0.3) is 0 Å². The van der Waals surface area contributed by atoms with Gasteiger partial charge in [-0.15, -0.1) is 0 Å². The molecule has 5 nitrogen and oxygen atoms in total. The first-order chi connectivity index (χ1) is 11.5. The van der Waals surface area contributed by atoms with Crippen LogP contribution in [0.15, 0.2) is 48.5 Å². The topological polar surface area (TPSA) is 66.8 Å². The summed E-state index contributed by atoms with van der Waals surface area (Å²) in [6.07, 6.45) is -0.635. The van der Waals surface area contributed by atoms with Gasteiger partial charge in [-0.1, -0.05) is 36.4 Å². The molecule has 1 heterocycles. The van der Waals surface area contributed by atoms with Crippen LogP contribution in [0.4, 0.5) is 9.18 Å². The number of aliphatic carboxylic acids is 1. The van der Waals surface area contributed by atoms with Crippen LogP contribution in [0.5, 0.6) is 0 Å². The maximum atomic E-state index is 13.3. The summed E-state index contributed by atoms with van der Waals surface area (Å²) in [6.45, 7) is 0.152. The highest BCUT2D eigenvalue weighted by Crippen LogP contribution is 2.25. The van der Waals surface area contributed by atoms with Crippen molar-refractivity contribution in [2.24, 2.45) is 0 Å². The van der Waals surface area contributed by atoms with Gasteiger partial charge in [-0.2, -0.15) is 0 Å². The third kappa shape index (κ3) is 3.37. The monoisotopic (exact) mass is 329 g/mol. The molecule has 0 saturated carbocycles. The van der Waals surface area contributed by atoms with Gasteiger partial charge in [0.1, 0.15) is 18.5 Å². The first kappa shape index (κ1) is 16.0. The Labute approximate surface area is 138 Å². The summed E-state index contributed by atoms with van der Waals surface area (Å²) in [4.78, 5) is 25.0. The van der Waals surface area contributed by atoms with Crippen molar-refractivity contribution >= 4 is 12.1 Å². The van der Waals surface area contributed by atoms with Crippen molar-refractivity contribution < 1.29 is 23.8 Å². The molecule has 0 radical (unpaired) electrons. The zero-order chi connectivity index (χ0) is 17.1. The van der Waals surface area contributed by atoms with Gasteiger partial charge in [0, 0.05) is 6.42 Å². The average molecular weight is 329 g/mol. The molecule has 1 atom stereocenters. The molecule has 0 aliphatic carbocycles. The molecule has 0 aromatic heterocycles. The fourth-order valence-corrected chi connectivity index (χ4v) is 2.77. The van der Waals surface area contributed by atoms with E-state index in [2.05, 4.69) is 0 Å². The molecule has 1 amide bonds. The third-order valence-corrected chi connectivity index (χ3v) is 4.02. The second-order valence-corrected chi connectivity index (χ2v) is 5.64. The van der Waals surface area contributed by atoms with Crippen molar-refractivity contribution in [3.8, 4) is 0 Å². The first-order valence-electron chi connectivity index (χ1n) is 7.52. The van der Waals surface area contributed by atoms with Crippen molar-refractivity contribution in [2.75, 3.05) is 0 Å². The van der Waals surface area contributed by atoms with Crippen LogP contribution in [0, 0.1) is 5.82 Å². The van der Waals surface area contributed by atoms with Gasteiger partial charge in [0.15, 0.2) is 0 Å². The zero-order valence-electron chi connectivity index (χ0n) is 12.8. The summed E-state index contributed by atoms with van der Waals surface area (Å²) in [7, 11) is 0. The van der Waals surface area contributed by atoms with Crippen LogP contribution in [-0.2, 0) is 29.1 Å². The van der Waals surface area contributed by atoms with Crippen LogP contribution in [0.2, 0.25) is 0 Å². The number of rotatable bonds is 3. The Morgan fingerprint density at radius 2 is 1.92 bits per heavy atom. The van der Waals surface area contributed by atoms with Crippen molar-refractivity contribution in [3.05, 3.63) is 71.0 Å². The summed E-state index contributed by atoms with van der Waals surface area (Å²) in [6, 6.07) is 12.3. The lowest BCUT2D eigenvalue weighted by Gasteiger charge is -2.33. The van der Waals surface area contributed by atoms with E-state index in [4.69, 9.17) is 4.74 Å². The van der Waals surface area contributed by atoms with E-state index < -0.39 is 23.9 Å². The number of hydrogen-bond donors (Lipinski definition) is 1. The first-order valence-corrected chi connectivity index (χ1v) is 7.52. The normalized spacial score (nSPS) is 16.4. The number of nitrogens with zero attached hydrogens (tertiary/aromatic N) is 1. The third-order valence-electron chi connectivity index (χ3n) is 4.02. The maximum absolute atomic E-state index is 13.3. The molecule has 6 heteroatoms. The highest BCUT2D eigenvalue weighted by atomic mass is 19.1. The number of benzene rings is 2. The highest BCUT2D eigenvalue weighted by Gasteiger charge is 2.35. The minimum absolute atomic E-state index is 0.0584. The summed E-state index contributed by atoms with van der Waals surface area (Å²) in [5.41, 5.74) is 2.15. The lowest BCUT2D eigenvalue weighted by Crippen LogP contribution is -2.48. The molecule has 24 heavy (non-hydrogen) atoms. The van der Waals surface area contributed by atoms with Gasteiger partial charge in [0.2, 0.25) is 0 Å². The molecule has 0 saturated heterocycles. The summed E-state index contributed by atoms with van der Waals surface area (Å²) < 4.78 is 18.6. The molecule has 3 rings (SSSR count). The molecule has 0 spiro atoms. The summed E-state index contributed by atoms with van der Waals surface area (Å²) in [5, 5.41) is 9.39. The van der Waals surface area contributed by atoms with Crippen molar-refractivity contribution in [1.82, 2.24) is 4.90 Å². The molecule has 2 aromatic carbocycles. The maximum Gasteiger partial charge on any atom is 0.411 e. The van der Waals surface area contributed by atoms with E-state index in [1.807, 2.05) is 30.3 Å². The minimum atomic E-state index is -1.14. The molecule has 1 aliphatic rings. The van der Waals surface area contributed by atoms with Gasteiger partial charge >= 0.3 is 12.1 Å². The summed E-state index contributed by atoms with van der Waals surface area (Å²) >= 11 is 0. The quantitative estimate of drug-likeness (QED) is 0.940. The van der Waals surface area contributed by atoms with Crippen LogP contribution in [0.1, 0.15) is 16.7 Å². The van der Waals surface area contributed by atoms with Crippen LogP contribution >= 0.6 is 0 Å². The average Bonchev–Trinajstić information content (AvgIpc) is 2.59. The Morgan fingerprint density at radius 3 is 2.62 bits per heavy atom. The lowest BCUT2D eigenvalue weighted by atomic mass is 9.94. The molecule has 124 valence electrons. The van der Waals surface area contributed by atoms with Crippen molar-refractivity contribution in [3.63, 3.8) is 0 Å². The zero-order valence-corrected chi connectivity index (χ0v) is 12.8. The molecule has 0 unspecified atom stereocenters. The van der Waals surface area contributed by atoms with Gasteiger partial charge in [-0.05, 0) is 28.8 Å². The number of carbonyl (C=O) groups excluding carboxylic acids is 1. The van der Waals surface area contributed by atoms with E-state index in [1.165, 1.54) is 17.0 Å². The Hall–Kier alpha value is -2.89. The second-order valence-electron chi connectivity index (χ2n) is 5.64. The number of carboxylic acid groups (broad SMARTS) is 1. The summed E-state index contributed by atoms with van der Waals surface area (Å²) in [5.74, 6) is -1.56.